The molecule has 2 N–H and O–H groups in total. The average molecular weight is 145 g/mol. The molecule has 0 heterocycles. The van der Waals surface area contributed by atoms with Crippen molar-refractivity contribution in [1.82, 2.24) is 0 Å². The van der Waals surface area contributed by atoms with Crippen molar-refractivity contribution in [3.8, 4) is 0 Å². The van der Waals surface area contributed by atoms with Crippen LogP contribution in [-0.4, -0.2) is 16.2 Å². The van der Waals surface area contributed by atoms with E-state index >= 15 is 0 Å². The second kappa shape index (κ2) is 4.28. The molecule has 0 spiro atoms. The Kier molecular flexibility index (Phi) is 4.03. The van der Waals surface area contributed by atoms with Gasteiger partial charge in [-0.2, -0.15) is 0 Å². The van der Waals surface area contributed by atoms with E-state index in [0.717, 1.165) is 0 Å². The quantitative estimate of drug-likeness (QED) is 0.628. The average Bonchev–Trinajstić information content (AvgIpc) is 1.88. The van der Waals surface area contributed by atoms with Gasteiger partial charge in [0.25, 0.3) is 0 Å². The van der Waals surface area contributed by atoms with Crippen LogP contribution in [0.3, 0.4) is 0 Å². The predicted octanol–water partition coefficient (Wildman–Crippen LogP) is 1.41. The second-order valence-corrected chi connectivity index (χ2v) is 2.14. The molecule has 0 aliphatic heterocycles. The van der Waals surface area contributed by atoms with Crippen molar-refractivity contribution in [2.45, 2.75) is 26.7 Å². The highest BCUT2D eigenvalue weighted by Crippen LogP contribution is 2.18. The van der Waals surface area contributed by atoms with Gasteiger partial charge in [0.05, 0.1) is 5.92 Å². The van der Waals surface area contributed by atoms with E-state index in [1.54, 1.807) is 13.8 Å². The number of carbonyl (C=O) groups is 1. The van der Waals surface area contributed by atoms with Crippen LogP contribution in [0.2, 0.25) is 0 Å². The molecule has 0 saturated heterocycles. The predicted molar refractivity (Wildman–Crippen MR) is 36.9 cm³/mol. The molecule has 1 radical (unpaired) electrons. The van der Waals surface area contributed by atoms with Gasteiger partial charge in [-0.3, -0.25) is 4.79 Å². The summed E-state index contributed by atoms with van der Waals surface area (Å²) in [6.07, 6.45) is 0.940. The zero-order chi connectivity index (χ0) is 8.15. The lowest BCUT2D eigenvalue weighted by atomic mass is 9.98. The van der Waals surface area contributed by atoms with E-state index in [-0.39, 0.29) is 6.10 Å². The standard InChI is InChI=1S/C7H13O3/c1-3-5(7(9)10)6(8)4-2/h5,8H,3-4H2,1-2H3,(H,9,10). The number of hydrogen-bond acceptors (Lipinski definition) is 2. The summed E-state index contributed by atoms with van der Waals surface area (Å²) in [4.78, 5) is 10.4. The van der Waals surface area contributed by atoms with Gasteiger partial charge in [-0.05, 0) is 12.8 Å². The molecule has 0 aromatic carbocycles. The van der Waals surface area contributed by atoms with E-state index in [1.165, 1.54) is 0 Å². The molecule has 10 heavy (non-hydrogen) atoms. The molecule has 0 bridgehead atoms. The molecule has 3 nitrogen and oxygen atoms in total. The van der Waals surface area contributed by atoms with E-state index in [4.69, 9.17) is 10.2 Å². The fourth-order valence-corrected chi connectivity index (χ4v) is 0.799. The molecule has 0 rings (SSSR count). The molecule has 0 saturated carbocycles. The minimum atomic E-state index is -0.943. The van der Waals surface area contributed by atoms with Gasteiger partial charge in [0, 0.05) is 0 Å². The SMILES string of the molecule is CC[C](O)C(CC)C(=O)O. The Morgan fingerprint density at radius 2 is 1.90 bits per heavy atom. The van der Waals surface area contributed by atoms with E-state index in [0.29, 0.717) is 12.8 Å². The fourth-order valence-electron chi connectivity index (χ4n) is 0.799. The molecule has 0 aliphatic rings. The van der Waals surface area contributed by atoms with Crippen LogP contribution in [0.1, 0.15) is 26.7 Å². The highest BCUT2D eigenvalue weighted by Gasteiger charge is 2.23. The maximum atomic E-state index is 10.4. The van der Waals surface area contributed by atoms with Gasteiger partial charge >= 0.3 is 5.97 Å². The number of aliphatic carboxylic acids is 1. The number of carboxylic acid groups (broad SMARTS) is 1. The molecular weight excluding hydrogens is 132 g/mol. The largest absolute Gasteiger partial charge is 0.481 e. The van der Waals surface area contributed by atoms with Crippen LogP contribution >= 0.6 is 0 Å². The van der Waals surface area contributed by atoms with Crippen molar-refractivity contribution >= 4 is 5.97 Å². The summed E-state index contributed by atoms with van der Waals surface area (Å²) < 4.78 is 0. The van der Waals surface area contributed by atoms with Crippen molar-refractivity contribution in [1.29, 1.82) is 0 Å². The first-order valence-corrected chi connectivity index (χ1v) is 3.40. The van der Waals surface area contributed by atoms with Crippen LogP contribution in [-0.2, 0) is 4.79 Å². The van der Waals surface area contributed by atoms with Crippen molar-refractivity contribution in [3.05, 3.63) is 6.10 Å². The van der Waals surface area contributed by atoms with Crippen LogP contribution in [0.25, 0.3) is 0 Å². The smallest absolute Gasteiger partial charge is 0.309 e. The van der Waals surface area contributed by atoms with Crippen LogP contribution in [0.4, 0.5) is 0 Å². The topological polar surface area (TPSA) is 57.5 Å². The normalized spacial score (nSPS) is 13.6. The third-order valence-corrected chi connectivity index (χ3v) is 1.47. The molecule has 1 atom stereocenters. The fraction of sp³-hybridized carbons (Fsp3) is 0.714. The lowest BCUT2D eigenvalue weighted by molar-refractivity contribution is -0.142. The van der Waals surface area contributed by atoms with Crippen LogP contribution in [0.15, 0.2) is 0 Å². The van der Waals surface area contributed by atoms with Gasteiger partial charge < -0.3 is 10.2 Å². The Bertz CT molecular complexity index is 111. The molecule has 3 heteroatoms. The van der Waals surface area contributed by atoms with Gasteiger partial charge in [-0.15, -0.1) is 0 Å². The Hall–Kier alpha value is -0.570. The Morgan fingerprint density at radius 1 is 1.40 bits per heavy atom. The van der Waals surface area contributed by atoms with Crippen LogP contribution in [0.5, 0.6) is 0 Å². The summed E-state index contributed by atoms with van der Waals surface area (Å²) in [6, 6.07) is 0. The Morgan fingerprint density at radius 3 is 2.00 bits per heavy atom. The summed E-state index contributed by atoms with van der Waals surface area (Å²) >= 11 is 0. The lowest BCUT2D eigenvalue weighted by Crippen LogP contribution is -2.20. The monoisotopic (exact) mass is 145 g/mol. The molecule has 0 aliphatic carbocycles. The first-order valence-electron chi connectivity index (χ1n) is 3.40. The number of hydrogen-bond donors (Lipinski definition) is 2. The summed E-state index contributed by atoms with van der Waals surface area (Å²) in [6.45, 7) is 3.48. The summed E-state index contributed by atoms with van der Waals surface area (Å²) in [5, 5.41) is 17.5. The summed E-state index contributed by atoms with van der Waals surface area (Å²) in [5.74, 6) is -1.62. The van der Waals surface area contributed by atoms with E-state index in [1.807, 2.05) is 0 Å². The Balaban J connectivity index is 3.92. The molecule has 0 fully saturated rings. The first-order chi connectivity index (χ1) is 4.63. The second-order valence-electron chi connectivity index (χ2n) is 2.14. The van der Waals surface area contributed by atoms with E-state index in [9.17, 15) is 4.79 Å². The molecule has 0 amide bonds. The van der Waals surface area contributed by atoms with E-state index in [2.05, 4.69) is 0 Å². The minimum Gasteiger partial charge on any atom is -0.481 e. The summed E-state index contributed by atoms with van der Waals surface area (Å²) in [5.41, 5.74) is 0. The Labute approximate surface area is 60.7 Å². The van der Waals surface area contributed by atoms with Gasteiger partial charge in [0.15, 0.2) is 0 Å². The van der Waals surface area contributed by atoms with Crippen molar-refractivity contribution in [2.75, 3.05) is 0 Å². The van der Waals surface area contributed by atoms with Gasteiger partial charge in [0.2, 0.25) is 0 Å². The van der Waals surface area contributed by atoms with Crippen LogP contribution < -0.4 is 0 Å². The van der Waals surface area contributed by atoms with E-state index < -0.39 is 11.9 Å². The first kappa shape index (κ1) is 9.43. The number of carboxylic acids is 1. The molecule has 0 aromatic heterocycles. The van der Waals surface area contributed by atoms with Gasteiger partial charge in [-0.1, -0.05) is 13.8 Å². The maximum absolute atomic E-state index is 10.4. The number of rotatable bonds is 4. The molecular formula is C7H13O3. The zero-order valence-corrected chi connectivity index (χ0v) is 6.29. The number of aliphatic hydroxyl groups excluding tert-OH is 1. The van der Waals surface area contributed by atoms with Crippen molar-refractivity contribution < 1.29 is 15.0 Å². The summed E-state index contributed by atoms with van der Waals surface area (Å²) in [7, 11) is 0. The van der Waals surface area contributed by atoms with Crippen molar-refractivity contribution in [3.63, 3.8) is 0 Å². The van der Waals surface area contributed by atoms with Gasteiger partial charge in [-0.25, -0.2) is 0 Å². The minimum absolute atomic E-state index is 0.0648. The third-order valence-electron chi connectivity index (χ3n) is 1.47. The molecule has 59 valence electrons. The molecule has 0 aromatic rings. The molecule has 1 unspecified atom stereocenters. The van der Waals surface area contributed by atoms with Crippen molar-refractivity contribution in [2.24, 2.45) is 5.92 Å². The van der Waals surface area contributed by atoms with Gasteiger partial charge in [0.1, 0.15) is 6.10 Å². The zero-order valence-electron chi connectivity index (χ0n) is 6.29. The lowest BCUT2D eigenvalue weighted by Gasteiger charge is -2.13. The maximum Gasteiger partial charge on any atom is 0.309 e. The third kappa shape index (κ3) is 2.35. The van der Waals surface area contributed by atoms with Crippen LogP contribution in [0, 0.1) is 12.0 Å². The highest BCUT2D eigenvalue weighted by atomic mass is 16.4. The highest BCUT2D eigenvalue weighted by molar-refractivity contribution is 5.71. The number of aliphatic hydroxyl groups is 1.